The van der Waals surface area contributed by atoms with Crippen LogP contribution in [0.2, 0.25) is 0 Å². The number of carboxylic acids is 2. The van der Waals surface area contributed by atoms with Crippen molar-refractivity contribution in [3.05, 3.63) is 0 Å². The second kappa shape index (κ2) is 4.44. The molecule has 0 aliphatic rings. The molecule has 4 heteroatoms. The third-order valence-corrected chi connectivity index (χ3v) is 2.91. The van der Waals surface area contributed by atoms with Crippen LogP contribution in [0.4, 0.5) is 0 Å². The molecule has 0 aromatic rings. The van der Waals surface area contributed by atoms with Gasteiger partial charge in [0.1, 0.15) is 0 Å². The van der Waals surface area contributed by atoms with Gasteiger partial charge in [0.25, 0.3) is 0 Å². The van der Waals surface area contributed by atoms with Gasteiger partial charge < -0.3 is 10.2 Å². The highest BCUT2D eigenvalue weighted by molar-refractivity contribution is 5.74. The Morgan fingerprint density at radius 3 is 1.93 bits per heavy atom. The smallest absolute Gasteiger partial charge is 0.309 e. The fraction of sp³-hybridized carbons (Fsp3) is 0.800. The molecule has 2 unspecified atom stereocenters. The summed E-state index contributed by atoms with van der Waals surface area (Å²) in [5, 5.41) is 17.6. The van der Waals surface area contributed by atoms with E-state index in [0.717, 1.165) is 0 Å². The standard InChI is InChI=1S/C10H18O4/c1-6(8(11)12)5-7(2)10(3,4)9(13)14/h6-7H,5H2,1-4H3,(H,11,12)(H,13,14). The Bertz CT molecular complexity index is 232. The summed E-state index contributed by atoms with van der Waals surface area (Å²) < 4.78 is 0. The molecule has 0 saturated carbocycles. The molecule has 0 aliphatic carbocycles. The van der Waals surface area contributed by atoms with E-state index in [-0.39, 0.29) is 5.92 Å². The van der Waals surface area contributed by atoms with Crippen molar-refractivity contribution in [3.63, 3.8) is 0 Å². The zero-order chi connectivity index (χ0) is 11.5. The predicted molar refractivity (Wildman–Crippen MR) is 52.0 cm³/mol. The van der Waals surface area contributed by atoms with Crippen molar-refractivity contribution in [2.24, 2.45) is 17.3 Å². The SMILES string of the molecule is CC(CC(C)C(C)(C)C(=O)O)C(=O)O. The summed E-state index contributed by atoms with van der Waals surface area (Å²) in [6.07, 6.45) is 0.384. The van der Waals surface area contributed by atoms with Gasteiger partial charge in [-0.3, -0.25) is 9.59 Å². The van der Waals surface area contributed by atoms with Crippen LogP contribution in [-0.2, 0) is 9.59 Å². The maximum Gasteiger partial charge on any atom is 0.309 e. The minimum Gasteiger partial charge on any atom is -0.481 e. The van der Waals surface area contributed by atoms with Gasteiger partial charge in [0.2, 0.25) is 0 Å². The molecule has 0 saturated heterocycles. The Kier molecular flexibility index (Phi) is 4.10. The molecule has 0 aromatic heterocycles. The highest BCUT2D eigenvalue weighted by Crippen LogP contribution is 2.31. The lowest BCUT2D eigenvalue weighted by molar-refractivity contribution is -0.151. The Morgan fingerprint density at radius 2 is 1.64 bits per heavy atom. The van der Waals surface area contributed by atoms with Gasteiger partial charge in [-0.05, 0) is 26.2 Å². The normalized spacial score (nSPS) is 16.0. The Balaban J connectivity index is 4.41. The number of hydrogen-bond acceptors (Lipinski definition) is 2. The number of carbonyl (C=O) groups is 2. The van der Waals surface area contributed by atoms with E-state index in [1.807, 2.05) is 0 Å². The van der Waals surface area contributed by atoms with E-state index in [1.54, 1.807) is 27.7 Å². The van der Waals surface area contributed by atoms with Crippen LogP contribution < -0.4 is 0 Å². The first-order chi connectivity index (χ1) is 6.19. The molecular weight excluding hydrogens is 184 g/mol. The molecule has 0 rings (SSSR count). The van der Waals surface area contributed by atoms with Gasteiger partial charge in [-0.15, -0.1) is 0 Å². The van der Waals surface area contributed by atoms with Gasteiger partial charge in [-0.1, -0.05) is 13.8 Å². The maximum atomic E-state index is 10.9. The van der Waals surface area contributed by atoms with Gasteiger partial charge in [0.15, 0.2) is 0 Å². The third kappa shape index (κ3) is 3.01. The molecule has 2 atom stereocenters. The average molecular weight is 202 g/mol. The van der Waals surface area contributed by atoms with Crippen molar-refractivity contribution in [2.75, 3.05) is 0 Å². The monoisotopic (exact) mass is 202 g/mol. The topological polar surface area (TPSA) is 74.6 Å². The highest BCUT2D eigenvalue weighted by Gasteiger charge is 2.35. The van der Waals surface area contributed by atoms with E-state index in [9.17, 15) is 9.59 Å². The molecule has 0 heterocycles. The third-order valence-electron chi connectivity index (χ3n) is 2.91. The summed E-state index contributed by atoms with van der Waals surface area (Å²) in [6.45, 7) is 6.60. The molecule has 2 N–H and O–H groups in total. The summed E-state index contributed by atoms with van der Waals surface area (Å²) in [5.41, 5.74) is -0.871. The van der Waals surface area contributed by atoms with Crippen molar-refractivity contribution in [1.82, 2.24) is 0 Å². The fourth-order valence-corrected chi connectivity index (χ4v) is 1.14. The fourth-order valence-electron chi connectivity index (χ4n) is 1.14. The van der Waals surface area contributed by atoms with Gasteiger partial charge in [0, 0.05) is 0 Å². The zero-order valence-corrected chi connectivity index (χ0v) is 9.07. The lowest BCUT2D eigenvalue weighted by atomic mass is 9.76. The summed E-state index contributed by atoms with van der Waals surface area (Å²) in [6, 6.07) is 0. The minimum absolute atomic E-state index is 0.161. The van der Waals surface area contributed by atoms with E-state index in [4.69, 9.17) is 10.2 Å². The number of aliphatic carboxylic acids is 2. The summed E-state index contributed by atoms with van der Waals surface area (Å²) >= 11 is 0. The van der Waals surface area contributed by atoms with E-state index >= 15 is 0 Å². The van der Waals surface area contributed by atoms with Gasteiger partial charge in [-0.25, -0.2) is 0 Å². The quantitative estimate of drug-likeness (QED) is 0.713. The van der Waals surface area contributed by atoms with Crippen molar-refractivity contribution in [3.8, 4) is 0 Å². The minimum atomic E-state index is -0.886. The van der Waals surface area contributed by atoms with E-state index in [1.165, 1.54) is 0 Å². The van der Waals surface area contributed by atoms with E-state index < -0.39 is 23.3 Å². The van der Waals surface area contributed by atoms with Crippen LogP contribution >= 0.6 is 0 Å². The van der Waals surface area contributed by atoms with Crippen LogP contribution in [0, 0.1) is 17.3 Å². The predicted octanol–water partition coefficient (Wildman–Crippen LogP) is 1.84. The Morgan fingerprint density at radius 1 is 1.21 bits per heavy atom. The first-order valence-corrected chi connectivity index (χ1v) is 4.65. The molecule has 0 aromatic carbocycles. The molecule has 14 heavy (non-hydrogen) atoms. The largest absolute Gasteiger partial charge is 0.481 e. The lowest BCUT2D eigenvalue weighted by Gasteiger charge is -2.28. The van der Waals surface area contributed by atoms with Crippen LogP contribution in [0.1, 0.15) is 34.1 Å². The van der Waals surface area contributed by atoms with Gasteiger partial charge >= 0.3 is 11.9 Å². The van der Waals surface area contributed by atoms with Crippen LogP contribution in [-0.4, -0.2) is 22.2 Å². The van der Waals surface area contributed by atoms with Crippen molar-refractivity contribution in [2.45, 2.75) is 34.1 Å². The molecular formula is C10H18O4. The molecule has 4 nitrogen and oxygen atoms in total. The van der Waals surface area contributed by atoms with E-state index in [0.29, 0.717) is 6.42 Å². The second-order valence-corrected chi connectivity index (χ2v) is 4.40. The number of hydrogen-bond donors (Lipinski definition) is 2. The Hall–Kier alpha value is -1.06. The first-order valence-electron chi connectivity index (χ1n) is 4.65. The maximum absolute atomic E-state index is 10.9. The average Bonchev–Trinajstić information content (AvgIpc) is 2.03. The second-order valence-electron chi connectivity index (χ2n) is 4.40. The van der Waals surface area contributed by atoms with E-state index in [2.05, 4.69) is 0 Å². The van der Waals surface area contributed by atoms with Crippen LogP contribution in [0.15, 0.2) is 0 Å². The highest BCUT2D eigenvalue weighted by atomic mass is 16.4. The summed E-state index contributed by atoms with van der Waals surface area (Å²) in [5.74, 6) is -2.42. The number of carboxylic acid groups (broad SMARTS) is 2. The zero-order valence-electron chi connectivity index (χ0n) is 9.07. The summed E-state index contributed by atoms with van der Waals surface area (Å²) in [7, 11) is 0. The van der Waals surface area contributed by atoms with Crippen molar-refractivity contribution < 1.29 is 19.8 Å². The Labute approximate surface area is 83.9 Å². The molecule has 0 spiro atoms. The summed E-state index contributed by atoms with van der Waals surface area (Å²) in [4.78, 5) is 21.5. The molecule has 82 valence electrons. The first kappa shape index (κ1) is 12.9. The van der Waals surface area contributed by atoms with Crippen molar-refractivity contribution >= 4 is 11.9 Å². The van der Waals surface area contributed by atoms with Crippen LogP contribution in [0.25, 0.3) is 0 Å². The molecule has 0 bridgehead atoms. The van der Waals surface area contributed by atoms with Gasteiger partial charge in [0.05, 0.1) is 11.3 Å². The van der Waals surface area contributed by atoms with Gasteiger partial charge in [-0.2, -0.15) is 0 Å². The molecule has 0 aliphatic heterocycles. The lowest BCUT2D eigenvalue weighted by Crippen LogP contribution is -2.33. The van der Waals surface area contributed by atoms with Crippen LogP contribution in [0.3, 0.4) is 0 Å². The molecule has 0 fully saturated rings. The van der Waals surface area contributed by atoms with Crippen molar-refractivity contribution in [1.29, 1.82) is 0 Å². The number of rotatable bonds is 5. The molecule has 0 amide bonds. The van der Waals surface area contributed by atoms with Crippen LogP contribution in [0.5, 0.6) is 0 Å². The molecule has 0 radical (unpaired) electrons.